The normalized spacial score (nSPS) is 14.0. The van der Waals surface area contributed by atoms with Gasteiger partial charge in [0, 0.05) is 40.9 Å². The van der Waals surface area contributed by atoms with Crippen LogP contribution in [0.15, 0.2) is 131 Å². The van der Waals surface area contributed by atoms with Gasteiger partial charge in [0.1, 0.15) is 23.0 Å². The Kier molecular flexibility index (Phi) is 4.80. The molecule has 3 aromatic heterocycles. The van der Waals surface area contributed by atoms with Crippen molar-refractivity contribution in [2.45, 2.75) is 9.79 Å². The summed E-state index contributed by atoms with van der Waals surface area (Å²) in [5.41, 5.74) is 4.64. The van der Waals surface area contributed by atoms with Gasteiger partial charge in [0.25, 0.3) is 0 Å². The van der Waals surface area contributed by atoms with Crippen LogP contribution in [-0.2, 0) is 10.8 Å². The molecule has 0 bridgehead atoms. The Morgan fingerprint density at radius 3 is 2.44 bits per heavy atom. The second-order valence-electron chi connectivity index (χ2n) is 9.37. The zero-order chi connectivity index (χ0) is 25.9. The van der Waals surface area contributed by atoms with Gasteiger partial charge in [0.05, 0.1) is 37.3 Å². The van der Waals surface area contributed by atoms with Crippen molar-refractivity contribution in [1.82, 2.24) is 19.3 Å². The van der Waals surface area contributed by atoms with Gasteiger partial charge in [-0.2, -0.15) is 5.10 Å². The summed E-state index contributed by atoms with van der Waals surface area (Å²) >= 11 is 0. The highest BCUT2D eigenvalue weighted by Crippen LogP contribution is 2.40. The summed E-state index contributed by atoms with van der Waals surface area (Å²) in [4.78, 5) is 6.16. The first-order valence-electron chi connectivity index (χ1n) is 12.6. The van der Waals surface area contributed by atoms with Gasteiger partial charge < -0.3 is 4.74 Å². The van der Waals surface area contributed by atoms with E-state index in [1.807, 2.05) is 85.1 Å². The highest BCUT2D eigenvalue weighted by Gasteiger charge is 2.29. The average Bonchev–Trinajstić information content (AvgIpc) is 3.64. The van der Waals surface area contributed by atoms with E-state index in [0.29, 0.717) is 5.75 Å². The van der Waals surface area contributed by atoms with Crippen molar-refractivity contribution in [2.24, 2.45) is 0 Å². The third kappa shape index (κ3) is 3.44. The Hall–Kier alpha value is -5.01. The predicted octanol–water partition coefficient (Wildman–Crippen LogP) is 7.30. The van der Waals surface area contributed by atoms with E-state index in [9.17, 15) is 4.21 Å². The van der Waals surface area contributed by atoms with E-state index >= 15 is 0 Å². The Balaban J connectivity index is 1.18. The minimum absolute atomic E-state index is 0.685. The number of benzene rings is 4. The van der Waals surface area contributed by atoms with Gasteiger partial charge in [-0.05, 0) is 48.5 Å². The number of rotatable bonds is 4. The first-order valence-corrected chi connectivity index (χ1v) is 13.7. The third-order valence-electron chi connectivity index (χ3n) is 7.06. The molecule has 0 spiro atoms. The van der Waals surface area contributed by atoms with Gasteiger partial charge in [-0.3, -0.25) is 4.57 Å². The number of pyridine rings is 1. The van der Waals surface area contributed by atoms with Crippen LogP contribution >= 0.6 is 0 Å². The fourth-order valence-electron chi connectivity index (χ4n) is 5.33. The van der Waals surface area contributed by atoms with E-state index in [1.54, 1.807) is 10.9 Å². The molecule has 4 aromatic carbocycles. The molecule has 0 radical (unpaired) electrons. The molecule has 7 aromatic rings. The number of fused-ring (bicyclic) bond motifs is 6. The summed E-state index contributed by atoms with van der Waals surface area (Å²) in [6.07, 6.45) is 3.66. The summed E-state index contributed by atoms with van der Waals surface area (Å²) in [6, 6.07) is 35.9. The van der Waals surface area contributed by atoms with Gasteiger partial charge in [-0.1, -0.05) is 48.5 Å². The molecule has 6 nitrogen and oxygen atoms in total. The number of nitrogens with zero attached hydrogens (tertiary/aromatic N) is 4. The molecule has 186 valence electrons. The van der Waals surface area contributed by atoms with Crippen molar-refractivity contribution in [3.63, 3.8) is 0 Å². The molecule has 0 aliphatic carbocycles. The van der Waals surface area contributed by atoms with Crippen molar-refractivity contribution in [3.8, 4) is 34.3 Å². The van der Waals surface area contributed by atoms with Crippen LogP contribution < -0.4 is 4.74 Å². The highest BCUT2D eigenvalue weighted by atomic mass is 32.2. The van der Waals surface area contributed by atoms with Crippen LogP contribution in [0.4, 0.5) is 0 Å². The minimum atomic E-state index is -1.22. The molecule has 0 amide bonds. The Labute approximate surface area is 226 Å². The van der Waals surface area contributed by atoms with Crippen LogP contribution in [0.1, 0.15) is 0 Å². The lowest BCUT2D eigenvalue weighted by Crippen LogP contribution is -1.97. The van der Waals surface area contributed by atoms with Crippen LogP contribution in [0.5, 0.6) is 11.5 Å². The molecule has 0 saturated carbocycles. The maximum absolute atomic E-state index is 13.0. The van der Waals surface area contributed by atoms with E-state index in [-0.39, 0.29) is 0 Å². The first-order chi connectivity index (χ1) is 19.2. The topological polar surface area (TPSA) is 61.9 Å². The number of hydrogen-bond donors (Lipinski definition) is 0. The van der Waals surface area contributed by atoms with Gasteiger partial charge in [-0.15, -0.1) is 0 Å². The molecule has 0 N–H and O–H groups in total. The molecule has 1 unspecified atom stereocenters. The first kappa shape index (κ1) is 22.0. The summed E-state index contributed by atoms with van der Waals surface area (Å²) in [7, 11) is -1.22. The third-order valence-corrected chi connectivity index (χ3v) is 8.52. The van der Waals surface area contributed by atoms with Crippen LogP contribution in [0.25, 0.3) is 44.6 Å². The lowest BCUT2D eigenvalue weighted by molar-refractivity contribution is 0.483. The van der Waals surface area contributed by atoms with Crippen LogP contribution in [0.3, 0.4) is 0 Å². The largest absolute Gasteiger partial charge is 0.457 e. The second kappa shape index (κ2) is 8.51. The fourth-order valence-corrected chi connectivity index (χ4v) is 6.65. The predicted molar refractivity (Wildman–Crippen MR) is 152 cm³/mol. The standard InChI is InChI=1S/C32H20N4O2S/c37-39-29-13-4-2-11-26(29)32-30(39)20-35(34-32)21-8-7-9-22(18-21)38-23-15-16-25-24-10-1-3-12-27(24)36(28(25)19-23)31-14-5-6-17-33-31/h1-20H. The van der Waals surface area contributed by atoms with Crippen molar-refractivity contribution in [3.05, 3.63) is 122 Å². The van der Waals surface area contributed by atoms with E-state index in [4.69, 9.17) is 9.84 Å². The van der Waals surface area contributed by atoms with E-state index in [1.165, 1.54) is 0 Å². The lowest BCUT2D eigenvalue weighted by atomic mass is 10.1. The zero-order valence-corrected chi connectivity index (χ0v) is 21.4. The monoisotopic (exact) mass is 524 g/mol. The summed E-state index contributed by atoms with van der Waals surface area (Å²) in [5.74, 6) is 2.26. The number of aromatic nitrogens is 4. The van der Waals surface area contributed by atoms with Gasteiger partial charge in [0.2, 0.25) is 0 Å². The average molecular weight is 525 g/mol. The van der Waals surface area contributed by atoms with Gasteiger partial charge in [0.15, 0.2) is 0 Å². The molecule has 1 atom stereocenters. The number of ether oxygens (including phenoxy) is 1. The van der Waals surface area contributed by atoms with Crippen molar-refractivity contribution >= 4 is 32.6 Å². The molecule has 0 saturated heterocycles. The van der Waals surface area contributed by atoms with E-state index in [2.05, 4.69) is 39.9 Å². The van der Waals surface area contributed by atoms with Gasteiger partial charge in [-0.25, -0.2) is 13.9 Å². The SMILES string of the molecule is O=S1c2ccccc2-c2nn(-c3cccc(Oc4ccc5c6ccccc6n(-c6ccccn6)c5c4)c3)cc21. The summed E-state index contributed by atoms with van der Waals surface area (Å²) < 4.78 is 23.3. The zero-order valence-electron chi connectivity index (χ0n) is 20.6. The Bertz CT molecular complexity index is 2080. The number of para-hydroxylation sites is 1. The Morgan fingerprint density at radius 2 is 1.51 bits per heavy atom. The maximum atomic E-state index is 13.0. The molecule has 1 aliphatic heterocycles. The van der Waals surface area contributed by atoms with E-state index in [0.717, 1.165) is 60.1 Å². The second-order valence-corrected chi connectivity index (χ2v) is 10.8. The molecule has 4 heterocycles. The van der Waals surface area contributed by atoms with Crippen molar-refractivity contribution in [1.29, 1.82) is 0 Å². The summed E-state index contributed by atoms with van der Waals surface area (Å²) in [6.45, 7) is 0. The van der Waals surface area contributed by atoms with Crippen molar-refractivity contribution in [2.75, 3.05) is 0 Å². The fraction of sp³-hybridized carbons (Fsp3) is 0. The maximum Gasteiger partial charge on any atom is 0.137 e. The molecule has 0 fully saturated rings. The molecule has 8 rings (SSSR count). The van der Waals surface area contributed by atoms with Crippen molar-refractivity contribution < 1.29 is 8.95 Å². The molecule has 39 heavy (non-hydrogen) atoms. The lowest BCUT2D eigenvalue weighted by Gasteiger charge is -2.10. The summed E-state index contributed by atoms with van der Waals surface area (Å²) in [5, 5.41) is 7.07. The molecule has 7 heteroatoms. The Morgan fingerprint density at radius 1 is 0.692 bits per heavy atom. The quantitative estimate of drug-likeness (QED) is 0.242. The highest BCUT2D eigenvalue weighted by molar-refractivity contribution is 7.85. The van der Waals surface area contributed by atoms with Crippen LogP contribution in [0, 0.1) is 0 Å². The van der Waals surface area contributed by atoms with Gasteiger partial charge >= 0.3 is 0 Å². The molecular formula is C32H20N4O2S. The van der Waals surface area contributed by atoms with Crippen LogP contribution in [-0.4, -0.2) is 23.5 Å². The minimum Gasteiger partial charge on any atom is -0.457 e. The van der Waals surface area contributed by atoms with Crippen LogP contribution in [0.2, 0.25) is 0 Å². The van der Waals surface area contributed by atoms with E-state index < -0.39 is 10.8 Å². The number of hydrogen-bond acceptors (Lipinski definition) is 4. The molecule has 1 aliphatic rings. The molecular weight excluding hydrogens is 504 g/mol. The smallest absolute Gasteiger partial charge is 0.137 e.